The molecule has 1 aromatic rings. The molecule has 184 valence electrons. The molecule has 34 heavy (non-hydrogen) atoms. The minimum Gasteiger partial charge on any atom is -0.489 e. The number of carbonyl (C=O) groups is 3. The first-order valence-corrected chi connectivity index (χ1v) is 12.7. The number of benzene rings is 1. The van der Waals surface area contributed by atoms with Gasteiger partial charge < -0.3 is 19.7 Å². The van der Waals surface area contributed by atoms with Crippen LogP contribution in [0.4, 0.5) is 0 Å². The van der Waals surface area contributed by atoms with Crippen molar-refractivity contribution in [3.8, 4) is 5.75 Å². The number of hydrogen-bond donors (Lipinski definition) is 2. The zero-order chi connectivity index (χ0) is 23.7. The molecule has 8 nitrogen and oxygen atoms in total. The van der Waals surface area contributed by atoms with Crippen LogP contribution in [0.2, 0.25) is 0 Å². The Morgan fingerprint density at radius 1 is 1.15 bits per heavy atom. The average Bonchev–Trinajstić information content (AvgIpc) is 3.14. The molecule has 3 amide bonds. The highest BCUT2D eigenvalue weighted by Gasteiger charge is 2.39. The maximum absolute atomic E-state index is 12.9. The summed E-state index contributed by atoms with van der Waals surface area (Å²) in [7, 11) is 0. The summed E-state index contributed by atoms with van der Waals surface area (Å²) in [6.45, 7) is 5.36. The molecule has 4 aliphatic rings. The Morgan fingerprint density at radius 2 is 1.94 bits per heavy atom. The quantitative estimate of drug-likeness (QED) is 0.622. The zero-order valence-corrected chi connectivity index (χ0v) is 19.9. The third-order valence-electron chi connectivity index (χ3n) is 7.98. The molecule has 2 N–H and O–H groups in total. The number of nitrogens with zero attached hydrogens (tertiary/aromatic N) is 1. The number of nitrogens with one attached hydrogen (secondary N) is 2. The molecule has 0 radical (unpaired) electrons. The van der Waals surface area contributed by atoms with Gasteiger partial charge in [-0.1, -0.05) is 13.3 Å². The summed E-state index contributed by atoms with van der Waals surface area (Å²) in [6.07, 6.45) is 7.36. The predicted octanol–water partition coefficient (Wildman–Crippen LogP) is 2.54. The van der Waals surface area contributed by atoms with E-state index in [0.717, 1.165) is 63.2 Å². The predicted molar refractivity (Wildman–Crippen MR) is 125 cm³/mol. The summed E-state index contributed by atoms with van der Waals surface area (Å²) >= 11 is 0. The molecule has 3 atom stereocenters. The van der Waals surface area contributed by atoms with E-state index in [1.165, 1.54) is 6.42 Å². The highest BCUT2D eigenvalue weighted by Crippen LogP contribution is 2.33. The van der Waals surface area contributed by atoms with Crippen LogP contribution >= 0.6 is 0 Å². The smallest absolute Gasteiger partial charge is 0.255 e. The van der Waals surface area contributed by atoms with Gasteiger partial charge in [0.1, 0.15) is 17.9 Å². The lowest BCUT2D eigenvalue weighted by Crippen LogP contribution is -2.52. The molecule has 0 spiro atoms. The van der Waals surface area contributed by atoms with Gasteiger partial charge in [0.15, 0.2) is 0 Å². The number of imide groups is 1. The van der Waals surface area contributed by atoms with Crippen molar-refractivity contribution in [2.24, 2.45) is 5.41 Å². The molecule has 3 fully saturated rings. The molecule has 8 heteroatoms. The van der Waals surface area contributed by atoms with Crippen molar-refractivity contribution in [3.63, 3.8) is 0 Å². The second-order valence-corrected chi connectivity index (χ2v) is 10.6. The Hall–Kier alpha value is -2.45. The topological polar surface area (TPSA) is 97.0 Å². The zero-order valence-electron chi connectivity index (χ0n) is 19.9. The lowest BCUT2D eigenvalue weighted by molar-refractivity contribution is -0.136. The maximum atomic E-state index is 12.9. The Balaban J connectivity index is 1.23. The Morgan fingerprint density at radius 3 is 2.74 bits per heavy atom. The first-order valence-electron chi connectivity index (χ1n) is 12.7. The molecule has 1 aromatic carbocycles. The molecule has 0 aromatic heterocycles. The summed E-state index contributed by atoms with van der Waals surface area (Å²) in [5.41, 5.74) is 1.76. The van der Waals surface area contributed by atoms with Gasteiger partial charge in [0.25, 0.3) is 5.91 Å². The largest absolute Gasteiger partial charge is 0.489 e. The van der Waals surface area contributed by atoms with Gasteiger partial charge in [-0.3, -0.25) is 19.7 Å². The van der Waals surface area contributed by atoms with Crippen LogP contribution in [0.3, 0.4) is 0 Å². The highest BCUT2D eigenvalue weighted by atomic mass is 16.5. The van der Waals surface area contributed by atoms with Crippen molar-refractivity contribution in [2.45, 2.75) is 83.0 Å². The fraction of sp³-hybridized carbons (Fsp3) is 0.654. The number of piperidine rings is 1. The molecule has 0 bridgehead atoms. The highest BCUT2D eigenvalue weighted by molar-refractivity contribution is 6.05. The van der Waals surface area contributed by atoms with Gasteiger partial charge in [-0.2, -0.15) is 0 Å². The molecule has 1 aliphatic carbocycles. The third-order valence-corrected chi connectivity index (χ3v) is 7.98. The van der Waals surface area contributed by atoms with Crippen LogP contribution in [-0.4, -0.2) is 60.6 Å². The average molecular weight is 470 g/mol. The molecular formula is C26H35N3O5. The van der Waals surface area contributed by atoms with E-state index in [2.05, 4.69) is 17.6 Å². The fourth-order valence-corrected chi connectivity index (χ4v) is 5.69. The van der Waals surface area contributed by atoms with Crippen LogP contribution in [0.15, 0.2) is 18.2 Å². The number of hydrogen-bond acceptors (Lipinski definition) is 6. The van der Waals surface area contributed by atoms with Crippen LogP contribution in [0.5, 0.6) is 5.75 Å². The van der Waals surface area contributed by atoms with Gasteiger partial charge in [-0.25, -0.2) is 0 Å². The van der Waals surface area contributed by atoms with Crippen LogP contribution in [0.1, 0.15) is 74.2 Å². The van der Waals surface area contributed by atoms with Gasteiger partial charge >= 0.3 is 0 Å². The van der Waals surface area contributed by atoms with Crippen molar-refractivity contribution < 1.29 is 23.9 Å². The van der Waals surface area contributed by atoms with Crippen molar-refractivity contribution >= 4 is 17.7 Å². The van der Waals surface area contributed by atoms with Gasteiger partial charge in [0, 0.05) is 44.3 Å². The van der Waals surface area contributed by atoms with Gasteiger partial charge in [0.05, 0.1) is 0 Å². The molecule has 3 aliphatic heterocycles. The lowest BCUT2D eigenvalue weighted by Gasteiger charge is -2.38. The van der Waals surface area contributed by atoms with Crippen LogP contribution in [0.25, 0.3) is 0 Å². The summed E-state index contributed by atoms with van der Waals surface area (Å²) in [6, 6.07) is 5.34. The number of rotatable bonds is 6. The van der Waals surface area contributed by atoms with Gasteiger partial charge in [-0.05, 0) is 67.7 Å². The van der Waals surface area contributed by atoms with Gasteiger partial charge in [-0.15, -0.1) is 0 Å². The van der Waals surface area contributed by atoms with Crippen LogP contribution in [0, 0.1) is 5.41 Å². The monoisotopic (exact) mass is 469 g/mol. The summed E-state index contributed by atoms with van der Waals surface area (Å²) < 4.78 is 12.0. The Bertz CT molecular complexity index is 958. The minimum absolute atomic E-state index is 0.0959. The second kappa shape index (κ2) is 9.66. The SMILES string of the molecule is CC1(CN[C@H]2CCCC[C@H]2Oc2ccc3c(c2)CN(C2CCC(=O)NC2=O)C3=O)CCOCC1. The first kappa shape index (κ1) is 23.3. The third kappa shape index (κ3) is 4.84. The molecule has 2 saturated heterocycles. The van der Waals surface area contributed by atoms with Crippen molar-refractivity contribution in [2.75, 3.05) is 19.8 Å². The molecular weight excluding hydrogens is 434 g/mol. The number of fused-ring (bicyclic) bond motifs is 1. The molecule has 1 unspecified atom stereocenters. The van der Waals surface area contributed by atoms with Crippen LogP contribution < -0.4 is 15.4 Å². The van der Waals surface area contributed by atoms with E-state index < -0.39 is 6.04 Å². The second-order valence-electron chi connectivity index (χ2n) is 10.6. The number of ether oxygens (including phenoxy) is 2. The van der Waals surface area contributed by atoms with E-state index in [-0.39, 0.29) is 35.7 Å². The van der Waals surface area contributed by atoms with E-state index in [0.29, 0.717) is 24.6 Å². The van der Waals surface area contributed by atoms with E-state index in [9.17, 15) is 14.4 Å². The van der Waals surface area contributed by atoms with Crippen molar-refractivity contribution in [1.29, 1.82) is 0 Å². The maximum Gasteiger partial charge on any atom is 0.255 e. The molecule has 5 rings (SSSR count). The Kier molecular flexibility index (Phi) is 6.62. The first-order chi connectivity index (χ1) is 16.4. The summed E-state index contributed by atoms with van der Waals surface area (Å²) in [5.74, 6) is -0.0450. The summed E-state index contributed by atoms with van der Waals surface area (Å²) in [5, 5.41) is 6.16. The van der Waals surface area contributed by atoms with Crippen LogP contribution in [-0.2, 0) is 20.9 Å². The van der Waals surface area contributed by atoms with Crippen molar-refractivity contribution in [1.82, 2.24) is 15.5 Å². The molecule has 3 heterocycles. The van der Waals surface area contributed by atoms with Gasteiger partial charge in [0.2, 0.25) is 11.8 Å². The minimum atomic E-state index is -0.597. The standard InChI is InChI=1S/C26H35N3O5/c1-26(10-12-33-13-11-26)16-27-20-4-2-3-5-22(20)34-18-6-7-19-17(14-18)15-29(25(19)32)21-8-9-23(30)28-24(21)31/h6-7,14,20-22,27H,2-5,8-13,15-16H2,1H3,(H,28,30,31)/t20-,21?,22+/m0/s1. The normalized spacial score (nSPS) is 29.0. The van der Waals surface area contributed by atoms with E-state index in [4.69, 9.17) is 9.47 Å². The summed E-state index contributed by atoms with van der Waals surface area (Å²) in [4.78, 5) is 38.3. The Labute approximate surface area is 200 Å². The van der Waals surface area contributed by atoms with E-state index in [1.807, 2.05) is 18.2 Å². The fourth-order valence-electron chi connectivity index (χ4n) is 5.69. The number of carbonyl (C=O) groups excluding carboxylic acids is 3. The van der Waals surface area contributed by atoms with E-state index >= 15 is 0 Å². The molecule has 1 saturated carbocycles. The number of amides is 3. The van der Waals surface area contributed by atoms with Crippen molar-refractivity contribution in [3.05, 3.63) is 29.3 Å². The lowest BCUT2D eigenvalue weighted by atomic mass is 9.81. The van der Waals surface area contributed by atoms with E-state index in [1.54, 1.807) is 4.90 Å².